The molecular formula is C15H23NO2S2. The first-order chi connectivity index (χ1) is 9.43. The summed E-state index contributed by atoms with van der Waals surface area (Å²) in [6, 6.07) is 5.86. The van der Waals surface area contributed by atoms with Crippen LogP contribution in [-0.2, 0) is 15.3 Å². The number of nitrogens with two attached hydrogens (primary N) is 1. The van der Waals surface area contributed by atoms with E-state index < -0.39 is 9.84 Å². The maximum absolute atomic E-state index is 12.0. The highest BCUT2D eigenvalue weighted by Crippen LogP contribution is 2.40. The largest absolute Gasteiger partial charge is 0.330 e. The summed E-state index contributed by atoms with van der Waals surface area (Å²) < 4.78 is 24.0. The van der Waals surface area contributed by atoms with Crippen molar-refractivity contribution >= 4 is 21.6 Å². The van der Waals surface area contributed by atoms with Crippen LogP contribution < -0.4 is 5.73 Å². The van der Waals surface area contributed by atoms with Gasteiger partial charge in [-0.1, -0.05) is 25.3 Å². The van der Waals surface area contributed by atoms with Gasteiger partial charge in [-0.25, -0.2) is 8.42 Å². The SMILES string of the molecule is CSc1ccc(C2(CN)CCCCC2)cc1S(C)(=O)=O. The zero-order valence-electron chi connectivity index (χ0n) is 12.2. The Morgan fingerprint density at radius 2 is 1.90 bits per heavy atom. The molecule has 5 heteroatoms. The monoisotopic (exact) mass is 313 g/mol. The van der Waals surface area contributed by atoms with E-state index in [0.29, 0.717) is 11.4 Å². The second kappa shape index (κ2) is 6.08. The van der Waals surface area contributed by atoms with Gasteiger partial charge in [-0.05, 0) is 36.8 Å². The number of hydrogen-bond donors (Lipinski definition) is 1. The third-order valence-electron chi connectivity index (χ3n) is 4.38. The van der Waals surface area contributed by atoms with Gasteiger partial charge in [0.1, 0.15) is 0 Å². The van der Waals surface area contributed by atoms with E-state index >= 15 is 0 Å². The van der Waals surface area contributed by atoms with Crippen molar-refractivity contribution < 1.29 is 8.42 Å². The first kappa shape index (κ1) is 15.9. The fourth-order valence-corrected chi connectivity index (χ4v) is 5.08. The van der Waals surface area contributed by atoms with Gasteiger partial charge in [0, 0.05) is 23.1 Å². The molecule has 0 saturated heterocycles. The highest BCUT2D eigenvalue weighted by atomic mass is 32.2. The predicted molar refractivity (Wildman–Crippen MR) is 85.2 cm³/mol. The highest BCUT2D eigenvalue weighted by Gasteiger charge is 2.33. The molecule has 0 atom stereocenters. The van der Waals surface area contributed by atoms with Crippen LogP contribution in [0, 0.1) is 0 Å². The lowest BCUT2D eigenvalue weighted by atomic mass is 9.69. The molecule has 112 valence electrons. The number of hydrogen-bond acceptors (Lipinski definition) is 4. The van der Waals surface area contributed by atoms with E-state index in [0.717, 1.165) is 23.3 Å². The fraction of sp³-hybridized carbons (Fsp3) is 0.600. The van der Waals surface area contributed by atoms with E-state index in [1.54, 1.807) is 0 Å². The summed E-state index contributed by atoms with van der Waals surface area (Å²) in [7, 11) is -3.20. The molecule has 2 N–H and O–H groups in total. The van der Waals surface area contributed by atoms with Crippen LogP contribution in [-0.4, -0.2) is 27.5 Å². The van der Waals surface area contributed by atoms with Crippen molar-refractivity contribution in [2.24, 2.45) is 5.73 Å². The third-order valence-corrected chi connectivity index (χ3v) is 6.44. The molecule has 0 spiro atoms. The molecule has 1 saturated carbocycles. The molecule has 3 nitrogen and oxygen atoms in total. The van der Waals surface area contributed by atoms with Crippen LogP contribution in [0.4, 0.5) is 0 Å². The molecule has 2 rings (SSSR count). The standard InChI is InChI=1S/C15H23NO2S2/c1-19-13-7-6-12(10-14(13)20(2,17)18)15(11-16)8-4-3-5-9-15/h6-7,10H,3-5,8-9,11,16H2,1-2H3. The Kier molecular flexibility index (Phi) is 4.82. The zero-order chi connectivity index (χ0) is 14.8. The maximum atomic E-state index is 12.0. The minimum Gasteiger partial charge on any atom is -0.330 e. The smallest absolute Gasteiger partial charge is 0.176 e. The van der Waals surface area contributed by atoms with E-state index in [9.17, 15) is 8.42 Å². The van der Waals surface area contributed by atoms with Gasteiger partial charge >= 0.3 is 0 Å². The Labute approximate surface area is 126 Å². The lowest BCUT2D eigenvalue weighted by molar-refractivity contribution is 0.300. The van der Waals surface area contributed by atoms with Gasteiger partial charge in [-0.3, -0.25) is 0 Å². The van der Waals surface area contributed by atoms with Crippen LogP contribution in [0.25, 0.3) is 0 Å². The van der Waals surface area contributed by atoms with Crippen molar-refractivity contribution in [1.82, 2.24) is 0 Å². The topological polar surface area (TPSA) is 60.2 Å². The lowest BCUT2D eigenvalue weighted by Gasteiger charge is -2.37. The zero-order valence-corrected chi connectivity index (χ0v) is 13.8. The molecule has 0 heterocycles. The molecular weight excluding hydrogens is 290 g/mol. The van der Waals surface area contributed by atoms with Crippen molar-refractivity contribution in [3.63, 3.8) is 0 Å². The average molecular weight is 313 g/mol. The van der Waals surface area contributed by atoms with Crippen LogP contribution in [0.2, 0.25) is 0 Å². The van der Waals surface area contributed by atoms with Crippen molar-refractivity contribution in [3.8, 4) is 0 Å². The van der Waals surface area contributed by atoms with Crippen LogP contribution in [0.3, 0.4) is 0 Å². The van der Waals surface area contributed by atoms with Crippen molar-refractivity contribution in [2.75, 3.05) is 19.1 Å². The minimum atomic E-state index is -3.20. The average Bonchev–Trinajstić information content (AvgIpc) is 2.46. The molecule has 1 aliphatic carbocycles. The van der Waals surface area contributed by atoms with Crippen molar-refractivity contribution in [2.45, 2.75) is 47.3 Å². The van der Waals surface area contributed by atoms with Gasteiger partial charge in [0.05, 0.1) is 4.90 Å². The highest BCUT2D eigenvalue weighted by molar-refractivity contribution is 7.99. The van der Waals surface area contributed by atoms with Crippen molar-refractivity contribution in [1.29, 1.82) is 0 Å². The molecule has 1 aromatic carbocycles. The normalized spacial score (nSPS) is 18.9. The Hall–Kier alpha value is -0.520. The van der Waals surface area contributed by atoms with E-state index in [1.165, 1.54) is 37.3 Å². The predicted octanol–water partition coefficient (Wildman–Crippen LogP) is 2.97. The van der Waals surface area contributed by atoms with Gasteiger partial charge in [0.15, 0.2) is 9.84 Å². The Morgan fingerprint density at radius 3 is 2.40 bits per heavy atom. The Morgan fingerprint density at radius 1 is 1.25 bits per heavy atom. The van der Waals surface area contributed by atoms with E-state index in [1.807, 2.05) is 18.4 Å². The summed E-state index contributed by atoms with van der Waals surface area (Å²) >= 11 is 1.47. The molecule has 0 unspecified atom stereocenters. The summed E-state index contributed by atoms with van der Waals surface area (Å²) in [4.78, 5) is 1.26. The van der Waals surface area contributed by atoms with Gasteiger partial charge in [-0.15, -0.1) is 11.8 Å². The number of rotatable bonds is 4. The van der Waals surface area contributed by atoms with Gasteiger partial charge in [-0.2, -0.15) is 0 Å². The molecule has 20 heavy (non-hydrogen) atoms. The Balaban J connectivity index is 2.52. The molecule has 0 amide bonds. The van der Waals surface area contributed by atoms with Crippen molar-refractivity contribution in [3.05, 3.63) is 23.8 Å². The third kappa shape index (κ3) is 3.05. The van der Waals surface area contributed by atoms with Crippen LogP contribution in [0.1, 0.15) is 37.7 Å². The summed E-state index contributed by atoms with van der Waals surface area (Å²) in [5.41, 5.74) is 7.11. The van der Waals surface area contributed by atoms with Crippen LogP contribution in [0.15, 0.2) is 28.0 Å². The second-order valence-electron chi connectivity index (χ2n) is 5.68. The first-order valence-electron chi connectivity index (χ1n) is 7.02. The maximum Gasteiger partial charge on any atom is 0.176 e. The lowest BCUT2D eigenvalue weighted by Crippen LogP contribution is -2.37. The quantitative estimate of drug-likeness (QED) is 0.868. The Bertz CT molecular complexity index is 576. The van der Waals surface area contributed by atoms with Crippen LogP contribution >= 0.6 is 11.8 Å². The summed E-state index contributed by atoms with van der Waals surface area (Å²) in [5.74, 6) is 0. The fourth-order valence-electron chi connectivity index (χ4n) is 3.14. The summed E-state index contributed by atoms with van der Waals surface area (Å²) in [5, 5.41) is 0. The number of benzene rings is 1. The number of thioether (sulfide) groups is 1. The summed E-state index contributed by atoms with van der Waals surface area (Å²) in [6.07, 6.45) is 8.91. The molecule has 0 bridgehead atoms. The van der Waals surface area contributed by atoms with Gasteiger partial charge in [0.2, 0.25) is 0 Å². The first-order valence-corrected chi connectivity index (χ1v) is 10.1. The molecule has 1 aromatic rings. The van der Waals surface area contributed by atoms with Gasteiger partial charge in [0.25, 0.3) is 0 Å². The van der Waals surface area contributed by atoms with E-state index in [4.69, 9.17) is 5.73 Å². The van der Waals surface area contributed by atoms with Gasteiger partial charge < -0.3 is 5.73 Å². The molecule has 0 aliphatic heterocycles. The van der Waals surface area contributed by atoms with E-state index in [-0.39, 0.29) is 5.41 Å². The second-order valence-corrected chi connectivity index (χ2v) is 8.52. The molecule has 1 aliphatic rings. The van der Waals surface area contributed by atoms with Crippen LogP contribution in [0.5, 0.6) is 0 Å². The molecule has 0 aromatic heterocycles. The minimum absolute atomic E-state index is 0.0331. The molecule has 1 fully saturated rings. The summed E-state index contributed by atoms with van der Waals surface area (Å²) in [6.45, 7) is 0.592. The van der Waals surface area contributed by atoms with E-state index in [2.05, 4.69) is 6.07 Å². The molecule has 0 radical (unpaired) electrons. The number of sulfone groups is 1.